The lowest BCUT2D eigenvalue weighted by atomic mass is 9.85. The summed E-state index contributed by atoms with van der Waals surface area (Å²) >= 11 is 0. The van der Waals surface area contributed by atoms with Gasteiger partial charge in [-0.2, -0.15) is 0 Å². The minimum absolute atomic E-state index is 0.321. The number of fused-ring (bicyclic) bond motifs is 1. The van der Waals surface area contributed by atoms with Crippen LogP contribution in [0.4, 0.5) is 4.79 Å². The zero-order chi connectivity index (χ0) is 15.4. The first-order valence-corrected chi connectivity index (χ1v) is 7.12. The molecule has 1 aliphatic carbocycles. The summed E-state index contributed by atoms with van der Waals surface area (Å²) in [5.74, 6) is -2.01. The van der Waals surface area contributed by atoms with Gasteiger partial charge >= 0.3 is 6.03 Å². The Morgan fingerprint density at radius 1 is 1.19 bits per heavy atom. The minimum Gasteiger partial charge on any atom is -0.338 e. The van der Waals surface area contributed by atoms with E-state index < -0.39 is 18.5 Å². The van der Waals surface area contributed by atoms with Crippen LogP contribution in [0.15, 0.2) is 12.2 Å². The number of imide groups is 2. The van der Waals surface area contributed by atoms with Crippen LogP contribution in [-0.4, -0.2) is 41.7 Å². The van der Waals surface area contributed by atoms with E-state index in [1.54, 1.807) is 0 Å². The maximum atomic E-state index is 12.1. The Morgan fingerprint density at radius 3 is 2.29 bits per heavy atom. The number of hydrogen-bond acceptors (Lipinski definition) is 4. The summed E-state index contributed by atoms with van der Waals surface area (Å²) in [6, 6.07) is -0.611. The van der Waals surface area contributed by atoms with Crippen LogP contribution in [0.1, 0.15) is 26.2 Å². The number of likely N-dealkylation sites (tertiary alicyclic amines) is 1. The maximum absolute atomic E-state index is 12.1. The van der Waals surface area contributed by atoms with Crippen molar-refractivity contribution in [1.29, 1.82) is 0 Å². The fourth-order valence-electron chi connectivity index (χ4n) is 2.62. The van der Waals surface area contributed by atoms with Crippen LogP contribution in [0.3, 0.4) is 0 Å². The van der Waals surface area contributed by atoms with Gasteiger partial charge in [-0.1, -0.05) is 19.1 Å². The van der Waals surface area contributed by atoms with Crippen molar-refractivity contribution < 1.29 is 19.2 Å². The number of nitrogens with zero attached hydrogens (tertiary/aromatic N) is 1. The van der Waals surface area contributed by atoms with E-state index in [1.807, 2.05) is 19.1 Å². The summed E-state index contributed by atoms with van der Waals surface area (Å²) in [6.45, 7) is 1.94. The Bertz CT molecular complexity index is 474. The smallest absolute Gasteiger partial charge is 0.321 e. The lowest BCUT2D eigenvalue weighted by molar-refractivity contribution is -0.143. The van der Waals surface area contributed by atoms with E-state index in [0.29, 0.717) is 19.4 Å². The van der Waals surface area contributed by atoms with E-state index in [1.165, 1.54) is 0 Å². The van der Waals surface area contributed by atoms with Crippen LogP contribution in [0, 0.1) is 11.8 Å². The number of amides is 5. The highest BCUT2D eigenvalue weighted by Gasteiger charge is 2.47. The largest absolute Gasteiger partial charge is 0.338 e. The molecule has 2 rings (SSSR count). The fourth-order valence-corrected chi connectivity index (χ4v) is 2.62. The monoisotopic (exact) mass is 293 g/mol. The number of carbonyl (C=O) groups excluding carboxylic acids is 4. The van der Waals surface area contributed by atoms with E-state index >= 15 is 0 Å². The number of rotatable bonds is 4. The third-order valence-electron chi connectivity index (χ3n) is 3.69. The first-order chi connectivity index (χ1) is 10.0. The molecular weight excluding hydrogens is 274 g/mol. The molecule has 0 aromatic carbocycles. The molecule has 2 N–H and O–H groups in total. The molecule has 5 amide bonds. The van der Waals surface area contributed by atoms with Crippen molar-refractivity contribution in [2.45, 2.75) is 26.2 Å². The van der Waals surface area contributed by atoms with Gasteiger partial charge in [0, 0.05) is 6.54 Å². The predicted octanol–water partition coefficient (Wildman–Crippen LogP) is 0.173. The predicted molar refractivity (Wildman–Crippen MR) is 73.9 cm³/mol. The fraction of sp³-hybridized carbons (Fsp3) is 0.571. The van der Waals surface area contributed by atoms with Gasteiger partial charge in [-0.05, 0) is 19.3 Å². The molecule has 1 saturated heterocycles. The molecule has 1 heterocycles. The standard InChI is InChI=1S/C14H19N3O4/c1-2-7-15-14(21)16-11(18)8-17-12(19)9-5-3-4-6-10(9)13(17)20/h3-4,9-10H,2,5-8H2,1H3,(H2,15,16,18,21)/t9-,10-/m0/s1. The summed E-state index contributed by atoms with van der Waals surface area (Å²) in [5.41, 5.74) is 0. The van der Waals surface area contributed by atoms with Crippen LogP contribution >= 0.6 is 0 Å². The summed E-state index contributed by atoms with van der Waals surface area (Å²) in [6.07, 6.45) is 5.58. The summed E-state index contributed by atoms with van der Waals surface area (Å²) in [4.78, 5) is 48.3. The third-order valence-corrected chi connectivity index (χ3v) is 3.69. The van der Waals surface area contributed by atoms with Gasteiger partial charge < -0.3 is 5.32 Å². The molecule has 21 heavy (non-hydrogen) atoms. The van der Waals surface area contributed by atoms with Gasteiger partial charge in [0.15, 0.2) is 0 Å². The average Bonchev–Trinajstić information content (AvgIpc) is 2.71. The van der Waals surface area contributed by atoms with Crippen LogP contribution in [-0.2, 0) is 14.4 Å². The van der Waals surface area contributed by atoms with Gasteiger partial charge in [-0.25, -0.2) is 4.79 Å². The third kappa shape index (κ3) is 3.29. The van der Waals surface area contributed by atoms with E-state index in [4.69, 9.17) is 0 Å². The van der Waals surface area contributed by atoms with E-state index in [-0.39, 0.29) is 23.7 Å². The molecule has 0 bridgehead atoms. The van der Waals surface area contributed by atoms with Crippen molar-refractivity contribution in [2.75, 3.05) is 13.1 Å². The summed E-state index contributed by atoms with van der Waals surface area (Å²) < 4.78 is 0. The molecule has 1 fully saturated rings. The second-order valence-corrected chi connectivity index (χ2v) is 5.22. The molecule has 0 aromatic rings. The first-order valence-electron chi connectivity index (χ1n) is 7.12. The lowest BCUT2D eigenvalue weighted by Crippen LogP contribution is -2.46. The van der Waals surface area contributed by atoms with Crippen molar-refractivity contribution in [2.24, 2.45) is 11.8 Å². The van der Waals surface area contributed by atoms with E-state index in [2.05, 4.69) is 10.6 Å². The highest BCUT2D eigenvalue weighted by molar-refractivity contribution is 6.08. The molecule has 2 atom stereocenters. The van der Waals surface area contributed by atoms with Crippen molar-refractivity contribution in [3.8, 4) is 0 Å². The van der Waals surface area contributed by atoms with Gasteiger partial charge in [0.05, 0.1) is 11.8 Å². The van der Waals surface area contributed by atoms with E-state index in [9.17, 15) is 19.2 Å². The molecular formula is C14H19N3O4. The zero-order valence-corrected chi connectivity index (χ0v) is 11.9. The molecule has 0 radical (unpaired) electrons. The summed E-state index contributed by atoms with van der Waals surface area (Å²) in [7, 11) is 0. The number of hydrogen-bond donors (Lipinski definition) is 2. The van der Waals surface area contributed by atoms with Crippen LogP contribution < -0.4 is 10.6 Å². The van der Waals surface area contributed by atoms with Crippen LogP contribution in [0.2, 0.25) is 0 Å². The normalized spacial score (nSPS) is 24.0. The molecule has 0 aromatic heterocycles. The number of nitrogens with one attached hydrogen (secondary N) is 2. The van der Waals surface area contributed by atoms with Gasteiger partial charge in [-0.3, -0.25) is 24.6 Å². The van der Waals surface area contributed by atoms with Crippen LogP contribution in [0.25, 0.3) is 0 Å². The Hall–Kier alpha value is -2.18. The molecule has 7 nitrogen and oxygen atoms in total. The van der Waals surface area contributed by atoms with E-state index in [0.717, 1.165) is 11.3 Å². The van der Waals surface area contributed by atoms with Gasteiger partial charge in [0.1, 0.15) is 6.54 Å². The molecule has 2 aliphatic rings. The van der Waals surface area contributed by atoms with Crippen molar-refractivity contribution in [3.05, 3.63) is 12.2 Å². The molecule has 7 heteroatoms. The second kappa shape index (κ2) is 6.51. The average molecular weight is 293 g/mol. The Morgan fingerprint density at radius 2 is 1.76 bits per heavy atom. The molecule has 1 aliphatic heterocycles. The summed E-state index contributed by atoms with van der Waals surface area (Å²) in [5, 5.41) is 4.60. The van der Waals surface area contributed by atoms with Gasteiger partial charge in [-0.15, -0.1) is 0 Å². The van der Waals surface area contributed by atoms with Crippen molar-refractivity contribution in [3.63, 3.8) is 0 Å². The number of carbonyl (C=O) groups is 4. The number of urea groups is 1. The second-order valence-electron chi connectivity index (χ2n) is 5.22. The highest BCUT2D eigenvalue weighted by Crippen LogP contribution is 2.34. The maximum Gasteiger partial charge on any atom is 0.321 e. The zero-order valence-electron chi connectivity index (χ0n) is 11.9. The Balaban J connectivity index is 1.91. The molecule has 0 spiro atoms. The van der Waals surface area contributed by atoms with Gasteiger partial charge in [0.2, 0.25) is 17.7 Å². The molecule has 114 valence electrons. The van der Waals surface area contributed by atoms with Crippen LogP contribution in [0.5, 0.6) is 0 Å². The lowest BCUT2D eigenvalue weighted by Gasteiger charge is -2.14. The topological polar surface area (TPSA) is 95.6 Å². The quantitative estimate of drug-likeness (QED) is 0.570. The Kier molecular flexibility index (Phi) is 4.72. The van der Waals surface area contributed by atoms with Crippen molar-refractivity contribution >= 4 is 23.8 Å². The molecule has 0 saturated carbocycles. The highest BCUT2D eigenvalue weighted by atomic mass is 16.2. The van der Waals surface area contributed by atoms with Gasteiger partial charge in [0.25, 0.3) is 0 Å². The Labute approximate surface area is 122 Å². The molecule has 0 unspecified atom stereocenters. The number of allylic oxidation sites excluding steroid dienone is 2. The SMILES string of the molecule is CCCNC(=O)NC(=O)CN1C(=O)[C@H]2CC=CC[C@@H]2C1=O. The minimum atomic E-state index is -0.656. The first kappa shape index (κ1) is 15.2. The van der Waals surface area contributed by atoms with Crippen molar-refractivity contribution in [1.82, 2.24) is 15.5 Å².